The van der Waals surface area contributed by atoms with Gasteiger partial charge in [-0.05, 0) is 30.6 Å². The molecule has 0 aromatic carbocycles. The second-order valence-electron chi connectivity index (χ2n) is 5.19. The molecule has 0 heterocycles. The van der Waals surface area contributed by atoms with E-state index < -0.39 is 0 Å². The largest absolute Gasteiger partial charge is 0.299 e. The first kappa shape index (κ1) is 12.5. The molecule has 1 rings (SSSR count). The van der Waals surface area contributed by atoms with Crippen LogP contribution >= 0.6 is 0 Å². The third-order valence-electron chi connectivity index (χ3n) is 3.95. The molecule has 1 aliphatic carbocycles. The lowest BCUT2D eigenvalue weighted by atomic mass is 9.62. The van der Waals surface area contributed by atoms with Gasteiger partial charge in [-0.1, -0.05) is 39.8 Å². The molecule has 1 heteroatoms. The van der Waals surface area contributed by atoms with Crippen LogP contribution in [0.5, 0.6) is 0 Å². The monoisotopic (exact) mass is 208 g/mol. The van der Waals surface area contributed by atoms with Gasteiger partial charge in [-0.3, -0.25) is 4.79 Å². The van der Waals surface area contributed by atoms with Gasteiger partial charge in [-0.25, -0.2) is 0 Å². The minimum Gasteiger partial charge on any atom is -0.299 e. The van der Waals surface area contributed by atoms with Crippen molar-refractivity contribution in [1.29, 1.82) is 0 Å². The van der Waals surface area contributed by atoms with E-state index in [-0.39, 0.29) is 11.3 Å². The minimum absolute atomic E-state index is 0.195. The van der Waals surface area contributed by atoms with Crippen LogP contribution in [0.3, 0.4) is 0 Å². The van der Waals surface area contributed by atoms with Crippen molar-refractivity contribution in [3.05, 3.63) is 12.2 Å². The van der Waals surface area contributed by atoms with Gasteiger partial charge in [0.25, 0.3) is 0 Å². The quantitative estimate of drug-likeness (QED) is 0.639. The summed E-state index contributed by atoms with van der Waals surface area (Å²) in [6.07, 6.45) is 8.36. The van der Waals surface area contributed by atoms with Crippen molar-refractivity contribution in [3.8, 4) is 0 Å². The van der Waals surface area contributed by atoms with Crippen LogP contribution in [0.15, 0.2) is 12.2 Å². The first-order chi connectivity index (χ1) is 7.05. The normalized spacial score (nSPS) is 35.5. The van der Waals surface area contributed by atoms with E-state index in [1.54, 1.807) is 0 Å². The fourth-order valence-electron chi connectivity index (χ4n) is 2.87. The highest BCUT2D eigenvalue weighted by Crippen LogP contribution is 2.44. The summed E-state index contributed by atoms with van der Waals surface area (Å²) in [5.41, 5.74) is 0.195. The Kier molecular flexibility index (Phi) is 4.12. The van der Waals surface area contributed by atoms with Gasteiger partial charge < -0.3 is 0 Å². The van der Waals surface area contributed by atoms with Crippen LogP contribution in [0.1, 0.15) is 53.4 Å². The molecule has 0 saturated heterocycles. The maximum absolute atomic E-state index is 12.1. The van der Waals surface area contributed by atoms with Gasteiger partial charge in [0.2, 0.25) is 0 Å². The van der Waals surface area contributed by atoms with Gasteiger partial charge in [0.1, 0.15) is 5.78 Å². The molecule has 1 aliphatic rings. The summed E-state index contributed by atoms with van der Waals surface area (Å²) in [4.78, 5) is 12.1. The zero-order valence-corrected chi connectivity index (χ0v) is 10.5. The van der Waals surface area contributed by atoms with Crippen LogP contribution in [0.2, 0.25) is 0 Å². The summed E-state index contributed by atoms with van der Waals surface area (Å²) in [5, 5.41) is 0. The minimum atomic E-state index is 0.195. The van der Waals surface area contributed by atoms with E-state index in [1.165, 1.54) is 0 Å². The summed E-state index contributed by atoms with van der Waals surface area (Å²) < 4.78 is 0. The molecule has 0 amide bonds. The Balaban J connectivity index is 2.89. The van der Waals surface area contributed by atoms with Gasteiger partial charge >= 0.3 is 0 Å². The van der Waals surface area contributed by atoms with Gasteiger partial charge in [-0.2, -0.15) is 0 Å². The number of ketones is 1. The second kappa shape index (κ2) is 4.96. The molecule has 0 fully saturated rings. The number of carbonyl (C=O) groups is 1. The van der Waals surface area contributed by atoms with Gasteiger partial charge in [0.05, 0.1) is 0 Å². The smallest absolute Gasteiger partial charge is 0.137 e. The molecule has 0 spiro atoms. The Morgan fingerprint density at radius 1 is 1.47 bits per heavy atom. The number of carbonyl (C=O) groups excluding carboxylic acids is 1. The highest BCUT2D eigenvalue weighted by Gasteiger charge is 2.40. The number of allylic oxidation sites excluding steroid dienone is 2. The van der Waals surface area contributed by atoms with E-state index >= 15 is 0 Å². The molecule has 0 radical (unpaired) electrons. The van der Waals surface area contributed by atoms with Crippen LogP contribution in [0.4, 0.5) is 0 Å². The highest BCUT2D eigenvalue weighted by molar-refractivity contribution is 5.82. The van der Waals surface area contributed by atoms with Gasteiger partial charge in [0, 0.05) is 12.3 Å². The van der Waals surface area contributed by atoms with Crippen molar-refractivity contribution in [2.24, 2.45) is 17.3 Å². The molecule has 0 aromatic rings. The SMILES string of the molecule is CCCC(=O)C1C(C)C=CCC1(C)CC. The van der Waals surface area contributed by atoms with Crippen molar-refractivity contribution in [2.45, 2.75) is 53.4 Å². The average Bonchev–Trinajstić information content (AvgIpc) is 2.18. The van der Waals surface area contributed by atoms with Crippen molar-refractivity contribution < 1.29 is 4.79 Å². The Hall–Kier alpha value is -0.590. The molecule has 0 aliphatic heterocycles. The van der Waals surface area contributed by atoms with Crippen LogP contribution in [0.25, 0.3) is 0 Å². The molecular weight excluding hydrogens is 184 g/mol. The fraction of sp³-hybridized carbons (Fsp3) is 0.786. The van der Waals surface area contributed by atoms with Crippen molar-refractivity contribution >= 4 is 5.78 Å². The lowest BCUT2D eigenvalue weighted by molar-refractivity contribution is -0.128. The zero-order chi connectivity index (χ0) is 11.5. The first-order valence-corrected chi connectivity index (χ1v) is 6.24. The van der Waals surface area contributed by atoms with Crippen molar-refractivity contribution in [3.63, 3.8) is 0 Å². The summed E-state index contributed by atoms with van der Waals surface area (Å²) in [5.74, 6) is 1.13. The van der Waals surface area contributed by atoms with Crippen LogP contribution < -0.4 is 0 Å². The van der Waals surface area contributed by atoms with E-state index in [9.17, 15) is 4.79 Å². The lowest BCUT2D eigenvalue weighted by Crippen LogP contribution is -2.38. The predicted molar refractivity (Wildman–Crippen MR) is 64.7 cm³/mol. The van der Waals surface area contributed by atoms with Crippen LogP contribution in [-0.4, -0.2) is 5.78 Å². The second-order valence-corrected chi connectivity index (χ2v) is 5.19. The molecule has 3 unspecified atom stereocenters. The zero-order valence-electron chi connectivity index (χ0n) is 10.5. The Labute approximate surface area is 93.9 Å². The maximum atomic E-state index is 12.1. The lowest BCUT2D eigenvalue weighted by Gasteiger charge is -2.41. The molecular formula is C14H24O. The summed E-state index contributed by atoms with van der Waals surface area (Å²) in [6, 6.07) is 0. The molecule has 3 atom stereocenters. The predicted octanol–water partition coefficient (Wildman–Crippen LogP) is 3.98. The number of Topliss-reactive ketones (excluding diaryl/α,β-unsaturated/α-hetero) is 1. The van der Waals surface area contributed by atoms with E-state index in [2.05, 4.69) is 39.8 Å². The summed E-state index contributed by atoms with van der Waals surface area (Å²) in [7, 11) is 0. The third kappa shape index (κ3) is 2.50. The topological polar surface area (TPSA) is 17.1 Å². The molecule has 0 bridgehead atoms. The standard InChI is InChI=1S/C14H24O/c1-5-8-12(15)13-11(3)9-7-10-14(13,4)6-2/h7,9,11,13H,5-6,8,10H2,1-4H3. The molecule has 86 valence electrons. The number of hydrogen-bond acceptors (Lipinski definition) is 1. The highest BCUT2D eigenvalue weighted by atomic mass is 16.1. The Morgan fingerprint density at radius 2 is 2.13 bits per heavy atom. The van der Waals surface area contributed by atoms with Crippen molar-refractivity contribution in [1.82, 2.24) is 0 Å². The maximum Gasteiger partial charge on any atom is 0.137 e. The molecule has 15 heavy (non-hydrogen) atoms. The fourth-order valence-corrected chi connectivity index (χ4v) is 2.87. The van der Waals surface area contributed by atoms with E-state index in [0.717, 1.165) is 25.7 Å². The number of hydrogen-bond donors (Lipinski definition) is 0. The summed E-state index contributed by atoms with van der Waals surface area (Å²) >= 11 is 0. The average molecular weight is 208 g/mol. The Bertz CT molecular complexity index is 254. The number of rotatable bonds is 4. The molecule has 0 saturated carbocycles. The molecule has 0 aromatic heterocycles. The van der Waals surface area contributed by atoms with Gasteiger partial charge in [0.15, 0.2) is 0 Å². The van der Waals surface area contributed by atoms with Crippen molar-refractivity contribution in [2.75, 3.05) is 0 Å². The van der Waals surface area contributed by atoms with E-state index in [4.69, 9.17) is 0 Å². The van der Waals surface area contributed by atoms with E-state index in [0.29, 0.717) is 11.7 Å². The first-order valence-electron chi connectivity index (χ1n) is 6.24. The summed E-state index contributed by atoms with van der Waals surface area (Å²) in [6.45, 7) is 8.75. The van der Waals surface area contributed by atoms with E-state index in [1.807, 2.05) is 0 Å². The molecule has 0 N–H and O–H groups in total. The van der Waals surface area contributed by atoms with Gasteiger partial charge in [-0.15, -0.1) is 0 Å². The third-order valence-corrected chi connectivity index (χ3v) is 3.95. The molecule has 1 nitrogen and oxygen atoms in total. The van der Waals surface area contributed by atoms with Crippen LogP contribution in [0, 0.1) is 17.3 Å². The Morgan fingerprint density at radius 3 is 2.67 bits per heavy atom. The van der Waals surface area contributed by atoms with Crippen LogP contribution in [-0.2, 0) is 4.79 Å².